The fraction of sp³-hybridized carbons (Fsp3) is 0.176. The van der Waals surface area contributed by atoms with Gasteiger partial charge in [-0.2, -0.15) is 10.2 Å². The number of nitrogens with zero attached hydrogens (tertiary/aromatic N) is 5. The Morgan fingerprint density at radius 1 is 1.08 bits per heavy atom. The quantitative estimate of drug-likeness (QED) is 0.625. The molecule has 0 saturated heterocycles. The van der Waals surface area contributed by atoms with Crippen molar-refractivity contribution in [2.45, 2.75) is 19.9 Å². The summed E-state index contributed by atoms with van der Waals surface area (Å²) in [5, 5.41) is 12.5. The van der Waals surface area contributed by atoms with Crippen molar-refractivity contribution in [3.05, 3.63) is 48.8 Å². The molecule has 4 aromatic rings. The van der Waals surface area contributed by atoms with Gasteiger partial charge in [0.25, 0.3) is 0 Å². The van der Waals surface area contributed by atoms with Crippen molar-refractivity contribution < 1.29 is 4.39 Å². The normalized spacial score (nSPS) is 11.5. The summed E-state index contributed by atoms with van der Waals surface area (Å²) in [6.07, 6.45) is 6.65. The van der Waals surface area contributed by atoms with Crippen LogP contribution < -0.4 is 0 Å². The van der Waals surface area contributed by atoms with Gasteiger partial charge in [0.05, 0.1) is 18.1 Å². The lowest BCUT2D eigenvalue weighted by molar-refractivity contribution is 0.534. The predicted octanol–water partition coefficient (Wildman–Crippen LogP) is 3.60. The predicted molar refractivity (Wildman–Crippen MR) is 88.7 cm³/mol. The molecule has 0 spiro atoms. The Morgan fingerprint density at radius 3 is 2.71 bits per heavy atom. The van der Waals surface area contributed by atoms with E-state index < -0.39 is 0 Å². The van der Waals surface area contributed by atoms with Crippen molar-refractivity contribution in [3.8, 4) is 22.5 Å². The number of aromatic amines is 1. The molecule has 24 heavy (non-hydrogen) atoms. The van der Waals surface area contributed by atoms with Crippen LogP contribution in [0.25, 0.3) is 33.5 Å². The second-order valence-corrected chi connectivity index (χ2v) is 5.82. The largest absolute Gasteiger partial charge is 0.269 e. The summed E-state index contributed by atoms with van der Waals surface area (Å²) < 4.78 is 15.1. The van der Waals surface area contributed by atoms with Gasteiger partial charge in [-0.15, -0.1) is 0 Å². The van der Waals surface area contributed by atoms with Crippen molar-refractivity contribution in [1.29, 1.82) is 0 Å². The summed E-state index contributed by atoms with van der Waals surface area (Å²) in [6.45, 7) is 4.11. The van der Waals surface area contributed by atoms with Gasteiger partial charge < -0.3 is 0 Å². The van der Waals surface area contributed by atoms with Crippen LogP contribution in [0.15, 0.2) is 43.0 Å². The standard InChI is InChI=1S/C17H15FN6/c1-10(2)24-9-14(12-5-6-19-17-13(12)8-21-22-17)16(23-24)15-4-3-11(18)7-20-15/h3-10H,1-2H3,(H,19,21,22). The van der Waals surface area contributed by atoms with E-state index in [2.05, 4.69) is 39.1 Å². The molecule has 120 valence electrons. The number of nitrogens with one attached hydrogen (secondary N) is 1. The average molecular weight is 322 g/mol. The minimum atomic E-state index is -0.371. The zero-order valence-corrected chi connectivity index (χ0v) is 13.2. The Hall–Kier alpha value is -3.09. The van der Waals surface area contributed by atoms with Gasteiger partial charge in [0.15, 0.2) is 5.65 Å². The molecule has 0 unspecified atom stereocenters. The maximum Gasteiger partial charge on any atom is 0.155 e. The molecular weight excluding hydrogens is 307 g/mol. The van der Waals surface area contributed by atoms with Crippen LogP contribution in [0.2, 0.25) is 0 Å². The lowest BCUT2D eigenvalue weighted by atomic mass is 10.0. The van der Waals surface area contributed by atoms with Gasteiger partial charge >= 0.3 is 0 Å². The molecule has 4 heterocycles. The molecule has 4 aromatic heterocycles. The average Bonchev–Trinajstić information content (AvgIpc) is 3.22. The Labute approximate surface area is 137 Å². The Bertz CT molecular complexity index is 1000. The van der Waals surface area contributed by atoms with E-state index in [-0.39, 0.29) is 11.9 Å². The lowest BCUT2D eigenvalue weighted by Crippen LogP contribution is -2.00. The first-order valence-electron chi connectivity index (χ1n) is 7.63. The molecule has 6 nitrogen and oxygen atoms in total. The summed E-state index contributed by atoms with van der Waals surface area (Å²) >= 11 is 0. The molecular formula is C17H15FN6. The third-order valence-electron chi connectivity index (χ3n) is 3.88. The van der Waals surface area contributed by atoms with Crippen LogP contribution in [-0.2, 0) is 0 Å². The van der Waals surface area contributed by atoms with E-state index in [1.165, 1.54) is 12.3 Å². The van der Waals surface area contributed by atoms with E-state index in [1.807, 2.05) is 16.9 Å². The van der Waals surface area contributed by atoms with Crippen LogP contribution in [0.3, 0.4) is 0 Å². The second kappa shape index (κ2) is 5.52. The van der Waals surface area contributed by atoms with Gasteiger partial charge in [-0.1, -0.05) is 0 Å². The third-order valence-corrected chi connectivity index (χ3v) is 3.88. The van der Waals surface area contributed by atoms with Gasteiger partial charge in [-0.3, -0.25) is 14.8 Å². The highest BCUT2D eigenvalue weighted by Gasteiger charge is 2.18. The van der Waals surface area contributed by atoms with E-state index in [9.17, 15) is 4.39 Å². The molecule has 0 aliphatic heterocycles. The van der Waals surface area contributed by atoms with Crippen LogP contribution in [0.5, 0.6) is 0 Å². The van der Waals surface area contributed by atoms with Crippen molar-refractivity contribution in [1.82, 2.24) is 29.9 Å². The number of H-pyrrole nitrogens is 1. The van der Waals surface area contributed by atoms with E-state index in [0.29, 0.717) is 17.0 Å². The molecule has 0 amide bonds. The third kappa shape index (κ3) is 2.34. The van der Waals surface area contributed by atoms with E-state index in [1.54, 1.807) is 18.5 Å². The topological polar surface area (TPSA) is 72.3 Å². The maximum atomic E-state index is 13.2. The molecule has 0 atom stereocenters. The van der Waals surface area contributed by atoms with Crippen LogP contribution in [0.1, 0.15) is 19.9 Å². The number of rotatable bonds is 3. The molecule has 0 radical (unpaired) electrons. The van der Waals surface area contributed by atoms with Crippen molar-refractivity contribution >= 4 is 11.0 Å². The molecule has 7 heteroatoms. The molecule has 0 aliphatic carbocycles. The zero-order chi connectivity index (χ0) is 16.7. The molecule has 0 fully saturated rings. The van der Waals surface area contributed by atoms with E-state index >= 15 is 0 Å². The van der Waals surface area contributed by atoms with Crippen LogP contribution in [-0.4, -0.2) is 29.9 Å². The number of hydrogen-bond acceptors (Lipinski definition) is 4. The fourth-order valence-electron chi connectivity index (χ4n) is 2.64. The molecule has 0 saturated carbocycles. The first kappa shape index (κ1) is 14.5. The summed E-state index contributed by atoms with van der Waals surface area (Å²) in [6, 6.07) is 5.15. The summed E-state index contributed by atoms with van der Waals surface area (Å²) in [7, 11) is 0. The van der Waals surface area contributed by atoms with Crippen molar-refractivity contribution in [2.24, 2.45) is 0 Å². The van der Waals surface area contributed by atoms with E-state index in [4.69, 9.17) is 0 Å². The van der Waals surface area contributed by atoms with Crippen molar-refractivity contribution in [2.75, 3.05) is 0 Å². The first-order chi connectivity index (χ1) is 11.6. The SMILES string of the molecule is CC(C)n1cc(-c2ccnc3[nH]ncc23)c(-c2ccc(F)cn2)n1. The summed E-state index contributed by atoms with van der Waals surface area (Å²) in [5.74, 6) is -0.371. The molecule has 0 aliphatic rings. The van der Waals surface area contributed by atoms with Crippen LogP contribution in [0.4, 0.5) is 4.39 Å². The zero-order valence-electron chi connectivity index (χ0n) is 13.2. The monoisotopic (exact) mass is 322 g/mol. The van der Waals surface area contributed by atoms with Crippen molar-refractivity contribution in [3.63, 3.8) is 0 Å². The number of halogens is 1. The minimum absolute atomic E-state index is 0.194. The first-order valence-corrected chi connectivity index (χ1v) is 7.63. The molecule has 1 N–H and O–H groups in total. The molecule has 0 bridgehead atoms. The molecule has 4 rings (SSSR count). The fourth-order valence-corrected chi connectivity index (χ4v) is 2.64. The lowest BCUT2D eigenvalue weighted by Gasteiger charge is -2.03. The van der Waals surface area contributed by atoms with Crippen LogP contribution in [0, 0.1) is 5.82 Å². The number of fused-ring (bicyclic) bond motifs is 1. The Balaban J connectivity index is 1.97. The number of aromatic nitrogens is 6. The number of pyridine rings is 2. The summed E-state index contributed by atoms with van der Waals surface area (Å²) in [5.41, 5.74) is 3.91. The van der Waals surface area contributed by atoms with Gasteiger partial charge in [0.1, 0.15) is 11.5 Å². The van der Waals surface area contributed by atoms with Gasteiger partial charge in [-0.05, 0) is 37.6 Å². The van der Waals surface area contributed by atoms with Gasteiger partial charge in [-0.25, -0.2) is 9.37 Å². The minimum Gasteiger partial charge on any atom is -0.269 e. The highest BCUT2D eigenvalue weighted by atomic mass is 19.1. The summed E-state index contributed by atoms with van der Waals surface area (Å²) in [4.78, 5) is 8.46. The smallest absolute Gasteiger partial charge is 0.155 e. The molecule has 0 aromatic carbocycles. The highest BCUT2D eigenvalue weighted by molar-refractivity contribution is 5.95. The second-order valence-electron chi connectivity index (χ2n) is 5.82. The van der Waals surface area contributed by atoms with Gasteiger partial charge in [0, 0.05) is 29.4 Å². The Kier molecular flexibility index (Phi) is 3.34. The van der Waals surface area contributed by atoms with Gasteiger partial charge in [0.2, 0.25) is 0 Å². The highest BCUT2D eigenvalue weighted by Crippen LogP contribution is 2.34. The number of hydrogen-bond donors (Lipinski definition) is 1. The Morgan fingerprint density at radius 2 is 1.96 bits per heavy atom. The maximum absolute atomic E-state index is 13.2. The van der Waals surface area contributed by atoms with E-state index in [0.717, 1.165) is 16.5 Å². The van der Waals surface area contributed by atoms with Crippen LogP contribution >= 0.6 is 0 Å².